The number of rotatable bonds is 8. The highest BCUT2D eigenvalue weighted by Gasteiger charge is 2.20. The van der Waals surface area contributed by atoms with Crippen molar-refractivity contribution in [3.05, 3.63) is 0 Å². The molecular weight excluding hydrogens is 208 g/mol. The molecule has 0 saturated heterocycles. The van der Waals surface area contributed by atoms with Gasteiger partial charge in [0.2, 0.25) is 5.91 Å². The number of aliphatic hydroxyl groups excluding tert-OH is 2. The van der Waals surface area contributed by atoms with E-state index >= 15 is 0 Å². The number of nitrogens with one attached hydrogen (secondary N) is 1. The summed E-state index contributed by atoms with van der Waals surface area (Å²) in [4.78, 5) is 25.5. The predicted molar refractivity (Wildman–Crippen MR) is 47.4 cm³/mol. The Hall–Kier alpha value is -1.22. The van der Waals surface area contributed by atoms with Crippen molar-refractivity contribution >= 4 is 11.9 Å². The van der Waals surface area contributed by atoms with E-state index in [-0.39, 0.29) is 6.61 Å². The lowest BCUT2D eigenvalue weighted by Gasteiger charge is -2.14. The summed E-state index contributed by atoms with van der Waals surface area (Å²) in [5.41, 5.74) is 6.85. The maximum absolute atomic E-state index is 10.5. The third-order valence-corrected chi connectivity index (χ3v) is 1.42. The molecule has 0 bridgehead atoms. The van der Waals surface area contributed by atoms with E-state index in [2.05, 4.69) is 4.84 Å². The van der Waals surface area contributed by atoms with Crippen molar-refractivity contribution in [1.29, 1.82) is 0 Å². The molecule has 0 aromatic heterocycles. The number of carbonyl (C=O) groups excluding carboxylic acids is 1. The summed E-state index contributed by atoms with van der Waals surface area (Å²) < 4.78 is 0. The summed E-state index contributed by atoms with van der Waals surface area (Å²) in [6.07, 6.45) is -1.54. The Balaban J connectivity index is 3.86. The van der Waals surface area contributed by atoms with Crippen LogP contribution in [-0.2, 0) is 14.4 Å². The van der Waals surface area contributed by atoms with E-state index in [1.54, 1.807) is 0 Å². The first-order valence-corrected chi connectivity index (χ1v) is 4.14. The van der Waals surface area contributed by atoms with Crippen molar-refractivity contribution in [2.75, 3.05) is 13.2 Å². The van der Waals surface area contributed by atoms with Crippen LogP contribution in [0, 0.1) is 0 Å². The summed E-state index contributed by atoms with van der Waals surface area (Å²) in [7, 11) is 0. The Morgan fingerprint density at radius 3 is 2.47 bits per heavy atom. The molecule has 0 aliphatic heterocycles. The van der Waals surface area contributed by atoms with Crippen LogP contribution in [0.1, 0.15) is 6.42 Å². The molecule has 0 aromatic rings. The van der Waals surface area contributed by atoms with E-state index < -0.39 is 37.0 Å². The van der Waals surface area contributed by atoms with Gasteiger partial charge in [-0.25, -0.2) is 0 Å². The number of primary amides is 1. The number of hydroxylamine groups is 1. The van der Waals surface area contributed by atoms with Gasteiger partial charge in [0.15, 0.2) is 0 Å². The second-order valence-electron chi connectivity index (χ2n) is 2.83. The number of carboxylic acids is 1. The third kappa shape index (κ3) is 6.80. The van der Waals surface area contributed by atoms with Crippen molar-refractivity contribution in [2.45, 2.75) is 18.6 Å². The lowest BCUT2D eigenvalue weighted by molar-refractivity contribution is -0.147. The standard InChI is InChI=1S/C7H14N2O6/c8-6(12)1-5(7(13)14)9-15-3-4(11)2-10/h4-5,9-11H,1-3H2,(H2,8,12)(H,13,14)/t4?,5-/m0/s1. The lowest BCUT2D eigenvalue weighted by atomic mass is 10.2. The number of hydrogen-bond donors (Lipinski definition) is 5. The Labute approximate surface area is 85.6 Å². The van der Waals surface area contributed by atoms with E-state index in [1.807, 2.05) is 5.48 Å². The Morgan fingerprint density at radius 1 is 1.47 bits per heavy atom. The van der Waals surface area contributed by atoms with Gasteiger partial charge in [-0.15, -0.1) is 0 Å². The summed E-state index contributed by atoms with van der Waals surface area (Å²) in [6.45, 7) is -0.797. The average Bonchev–Trinajstić information content (AvgIpc) is 2.15. The highest BCUT2D eigenvalue weighted by atomic mass is 16.7. The topological polar surface area (TPSA) is 142 Å². The zero-order chi connectivity index (χ0) is 11.8. The molecule has 1 amide bonds. The number of carboxylic acid groups (broad SMARTS) is 1. The first-order chi connectivity index (χ1) is 6.97. The second kappa shape index (κ2) is 7.12. The van der Waals surface area contributed by atoms with Crippen molar-refractivity contribution in [3.8, 4) is 0 Å². The molecule has 88 valence electrons. The van der Waals surface area contributed by atoms with Crippen LogP contribution in [0.25, 0.3) is 0 Å². The van der Waals surface area contributed by atoms with Crippen molar-refractivity contribution in [1.82, 2.24) is 5.48 Å². The molecule has 0 aliphatic rings. The van der Waals surface area contributed by atoms with Crippen molar-refractivity contribution < 1.29 is 29.7 Å². The molecule has 0 radical (unpaired) electrons. The van der Waals surface area contributed by atoms with Gasteiger partial charge in [-0.1, -0.05) is 0 Å². The van der Waals surface area contributed by atoms with Crippen LogP contribution in [-0.4, -0.2) is 52.6 Å². The van der Waals surface area contributed by atoms with E-state index in [0.717, 1.165) is 0 Å². The first-order valence-electron chi connectivity index (χ1n) is 4.14. The fourth-order valence-corrected chi connectivity index (χ4v) is 0.678. The van der Waals surface area contributed by atoms with Gasteiger partial charge in [0.05, 0.1) is 19.6 Å². The summed E-state index contributed by atoms with van der Waals surface area (Å²) in [6, 6.07) is -1.27. The quantitative estimate of drug-likeness (QED) is 0.279. The van der Waals surface area contributed by atoms with E-state index in [1.165, 1.54) is 0 Å². The molecule has 6 N–H and O–H groups in total. The number of carbonyl (C=O) groups is 2. The first kappa shape index (κ1) is 13.8. The van der Waals surface area contributed by atoms with Gasteiger partial charge < -0.3 is 21.1 Å². The molecule has 0 aromatic carbocycles. The van der Waals surface area contributed by atoms with Gasteiger partial charge in [-0.3, -0.25) is 14.4 Å². The van der Waals surface area contributed by atoms with Crippen LogP contribution in [0.5, 0.6) is 0 Å². The third-order valence-electron chi connectivity index (χ3n) is 1.42. The SMILES string of the molecule is NC(=O)C[C@H](NOCC(O)CO)C(=O)O. The maximum Gasteiger partial charge on any atom is 0.323 e. The minimum atomic E-state index is -1.30. The van der Waals surface area contributed by atoms with Gasteiger partial charge in [0, 0.05) is 0 Å². The molecule has 8 heteroatoms. The van der Waals surface area contributed by atoms with Gasteiger partial charge in [0.1, 0.15) is 12.1 Å². The van der Waals surface area contributed by atoms with Crippen LogP contribution >= 0.6 is 0 Å². The van der Waals surface area contributed by atoms with Gasteiger partial charge in [-0.05, 0) is 0 Å². The van der Waals surface area contributed by atoms with Crippen LogP contribution in [0.4, 0.5) is 0 Å². The number of hydrogen-bond acceptors (Lipinski definition) is 6. The Kier molecular flexibility index (Phi) is 6.54. The summed E-state index contributed by atoms with van der Waals surface area (Å²) in [5, 5.41) is 25.8. The molecule has 0 rings (SSSR count). The number of aliphatic carboxylic acids is 1. The van der Waals surface area contributed by atoms with E-state index in [0.29, 0.717) is 0 Å². The Bertz CT molecular complexity index is 222. The highest BCUT2D eigenvalue weighted by Crippen LogP contribution is 1.92. The number of nitrogens with two attached hydrogens (primary N) is 1. The second-order valence-corrected chi connectivity index (χ2v) is 2.83. The fraction of sp³-hybridized carbons (Fsp3) is 0.714. The predicted octanol–water partition coefficient (Wildman–Crippen LogP) is -2.81. The van der Waals surface area contributed by atoms with Gasteiger partial charge in [0.25, 0.3) is 0 Å². The van der Waals surface area contributed by atoms with Gasteiger partial charge in [-0.2, -0.15) is 5.48 Å². The number of amides is 1. The minimum absolute atomic E-state index is 0.293. The summed E-state index contributed by atoms with van der Waals surface area (Å²) >= 11 is 0. The van der Waals surface area contributed by atoms with Crippen LogP contribution in [0.2, 0.25) is 0 Å². The van der Waals surface area contributed by atoms with Crippen LogP contribution < -0.4 is 11.2 Å². The molecule has 0 spiro atoms. The number of aliphatic hydroxyl groups is 2. The normalized spacial score (nSPS) is 14.5. The molecule has 0 fully saturated rings. The molecule has 0 aliphatic carbocycles. The molecule has 1 unspecified atom stereocenters. The average molecular weight is 222 g/mol. The summed E-state index contributed by atoms with van der Waals surface area (Å²) in [5.74, 6) is -2.09. The molecule has 0 heterocycles. The largest absolute Gasteiger partial charge is 0.480 e. The lowest BCUT2D eigenvalue weighted by Crippen LogP contribution is -2.41. The van der Waals surface area contributed by atoms with Crippen molar-refractivity contribution in [3.63, 3.8) is 0 Å². The maximum atomic E-state index is 10.5. The molecule has 15 heavy (non-hydrogen) atoms. The van der Waals surface area contributed by atoms with Gasteiger partial charge >= 0.3 is 5.97 Å². The van der Waals surface area contributed by atoms with Crippen molar-refractivity contribution in [2.24, 2.45) is 5.73 Å². The van der Waals surface area contributed by atoms with E-state index in [9.17, 15) is 9.59 Å². The van der Waals surface area contributed by atoms with E-state index in [4.69, 9.17) is 21.1 Å². The smallest absolute Gasteiger partial charge is 0.323 e. The Morgan fingerprint density at radius 2 is 2.07 bits per heavy atom. The minimum Gasteiger partial charge on any atom is -0.480 e. The molecule has 2 atom stereocenters. The fourth-order valence-electron chi connectivity index (χ4n) is 0.678. The van der Waals surface area contributed by atoms with Crippen LogP contribution in [0.15, 0.2) is 0 Å². The molecule has 8 nitrogen and oxygen atoms in total. The zero-order valence-electron chi connectivity index (χ0n) is 7.92. The molecular formula is C7H14N2O6. The van der Waals surface area contributed by atoms with Crippen LogP contribution in [0.3, 0.4) is 0 Å². The monoisotopic (exact) mass is 222 g/mol. The zero-order valence-corrected chi connectivity index (χ0v) is 7.92. The molecule has 0 saturated carbocycles. The highest BCUT2D eigenvalue weighted by molar-refractivity contribution is 5.83.